The third-order valence-electron chi connectivity index (χ3n) is 4.29. The lowest BCUT2D eigenvalue weighted by Gasteiger charge is -2.45. The first kappa shape index (κ1) is 16.3. The maximum atomic E-state index is 12.4. The predicted molar refractivity (Wildman–Crippen MR) is 79.3 cm³/mol. The van der Waals surface area contributed by atoms with Crippen LogP contribution in [0, 0.1) is 5.92 Å². The van der Waals surface area contributed by atoms with Gasteiger partial charge in [-0.2, -0.15) is 0 Å². The van der Waals surface area contributed by atoms with Gasteiger partial charge in [0.05, 0.1) is 0 Å². The summed E-state index contributed by atoms with van der Waals surface area (Å²) in [5.74, 6) is 0.739. The molecule has 0 bridgehead atoms. The summed E-state index contributed by atoms with van der Waals surface area (Å²) in [6.07, 6.45) is 5.17. The number of carbonyl (C=O) groups excluding carboxylic acids is 1. The highest BCUT2D eigenvalue weighted by Gasteiger charge is 2.39. The van der Waals surface area contributed by atoms with Crippen LogP contribution < -0.4 is 0 Å². The van der Waals surface area contributed by atoms with Gasteiger partial charge in [0.1, 0.15) is 5.60 Å². The van der Waals surface area contributed by atoms with Crippen molar-refractivity contribution in [1.82, 2.24) is 4.90 Å². The van der Waals surface area contributed by atoms with Crippen molar-refractivity contribution in [3.63, 3.8) is 0 Å². The molecule has 0 aromatic rings. The summed E-state index contributed by atoms with van der Waals surface area (Å²) in [6.45, 7) is 13.5. The summed E-state index contributed by atoms with van der Waals surface area (Å²) >= 11 is 0. The number of likely N-dealkylation sites (tertiary alicyclic amines) is 1. The van der Waals surface area contributed by atoms with E-state index in [0.29, 0.717) is 0 Å². The van der Waals surface area contributed by atoms with Gasteiger partial charge in [0.2, 0.25) is 0 Å². The van der Waals surface area contributed by atoms with Crippen molar-refractivity contribution in [1.29, 1.82) is 0 Å². The second kappa shape index (κ2) is 6.15. The zero-order chi connectivity index (χ0) is 14.7. The number of hydrogen-bond donors (Lipinski definition) is 0. The van der Waals surface area contributed by atoms with Crippen LogP contribution in [-0.2, 0) is 4.74 Å². The fourth-order valence-corrected chi connectivity index (χ4v) is 3.16. The quantitative estimate of drug-likeness (QED) is 0.746. The van der Waals surface area contributed by atoms with Crippen LogP contribution >= 0.6 is 0 Å². The highest BCUT2D eigenvalue weighted by Crippen LogP contribution is 2.34. The van der Waals surface area contributed by atoms with Crippen LogP contribution in [0.4, 0.5) is 4.79 Å². The van der Waals surface area contributed by atoms with E-state index in [1.807, 2.05) is 18.7 Å². The summed E-state index contributed by atoms with van der Waals surface area (Å²) < 4.78 is 5.71. The van der Waals surface area contributed by atoms with Crippen molar-refractivity contribution in [3.05, 3.63) is 0 Å². The number of nitrogens with zero attached hydrogens (tertiary/aromatic N) is 1. The Morgan fingerprint density at radius 3 is 2.47 bits per heavy atom. The standard InChI is InChI=1S/C16H31NO2/c1-7-10-16(5,6)19-14(18)17-11-9-13(8-2)12-15(17,3)4/h13H,7-12H2,1-6H3. The monoisotopic (exact) mass is 269 g/mol. The van der Waals surface area contributed by atoms with E-state index in [1.54, 1.807) is 0 Å². The lowest BCUT2D eigenvalue weighted by Crippen LogP contribution is -2.54. The maximum Gasteiger partial charge on any atom is 0.410 e. The molecule has 1 unspecified atom stereocenters. The summed E-state index contributed by atoms with van der Waals surface area (Å²) in [7, 11) is 0. The number of carbonyl (C=O) groups is 1. The van der Waals surface area contributed by atoms with Crippen LogP contribution in [0.15, 0.2) is 0 Å². The average Bonchev–Trinajstić information content (AvgIpc) is 2.26. The van der Waals surface area contributed by atoms with E-state index < -0.39 is 0 Å². The Morgan fingerprint density at radius 1 is 1.37 bits per heavy atom. The van der Waals surface area contributed by atoms with Crippen molar-refractivity contribution in [2.75, 3.05) is 6.54 Å². The molecule has 19 heavy (non-hydrogen) atoms. The Hall–Kier alpha value is -0.730. The van der Waals surface area contributed by atoms with Crippen molar-refractivity contribution in [2.45, 2.75) is 84.8 Å². The molecule has 3 heteroatoms. The molecule has 0 aromatic carbocycles. The zero-order valence-electron chi connectivity index (χ0n) is 13.6. The van der Waals surface area contributed by atoms with E-state index in [4.69, 9.17) is 4.74 Å². The normalized spacial score (nSPS) is 23.3. The van der Waals surface area contributed by atoms with Crippen LogP contribution in [0.5, 0.6) is 0 Å². The van der Waals surface area contributed by atoms with Crippen LogP contribution in [0.2, 0.25) is 0 Å². The van der Waals surface area contributed by atoms with Crippen molar-refractivity contribution < 1.29 is 9.53 Å². The van der Waals surface area contributed by atoms with Crippen molar-refractivity contribution >= 4 is 6.09 Å². The third-order valence-corrected chi connectivity index (χ3v) is 4.29. The van der Waals surface area contributed by atoms with Gasteiger partial charge in [-0.15, -0.1) is 0 Å². The van der Waals surface area contributed by atoms with E-state index in [2.05, 4.69) is 27.7 Å². The predicted octanol–water partition coefficient (Wildman–Crippen LogP) is 4.60. The molecule has 0 aliphatic carbocycles. The summed E-state index contributed by atoms with van der Waals surface area (Å²) in [4.78, 5) is 14.3. The molecule has 1 saturated heterocycles. The van der Waals surface area contributed by atoms with Gasteiger partial charge in [0.15, 0.2) is 0 Å². The second-order valence-corrected chi connectivity index (χ2v) is 7.11. The van der Waals surface area contributed by atoms with Gasteiger partial charge in [-0.25, -0.2) is 4.79 Å². The minimum Gasteiger partial charge on any atom is -0.443 e. The van der Waals surface area contributed by atoms with E-state index in [9.17, 15) is 4.79 Å². The molecule has 0 radical (unpaired) electrons. The fourth-order valence-electron chi connectivity index (χ4n) is 3.16. The van der Waals surface area contributed by atoms with E-state index >= 15 is 0 Å². The lowest BCUT2D eigenvalue weighted by atomic mass is 9.82. The molecule has 112 valence electrons. The topological polar surface area (TPSA) is 29.5 Å². The molecule has 0 saturated carbocycles. The first-order chi connectivity index (χ1) is 8.72. The second-order valence-electron chi connectivity index (χ2n) is 7.11. The molecular weight excluding hydrogens is 238 g/mol. The molecule has 1 rings (SSSR count). The number of hydrogen-bond acceptors (Lipinski definition) is 2. The SMILES string of the molecule is CCCC(C)(C)OC(=O)N1CCC(CC)CC1(C)C. The molecule has 1 heterocycles. The molecule has 0 spiro atoms. The van der Waals surface area contributed by atoms with Gasteiger partial charge in [0, 0.05) is 12.1 Å². The Balaban J connectivity index is 2.67. The number of piperidine rings is 1. The van der Waals surface area contributed by atoms with E-state index in [0.717, 1.165) is 38.1 Å². The van der Waals surface area contributed by atoms with Crippen LogP contribution in [0.3, 0.4) is 0 Å². The Bertz CT molecular complexity index is 310. The molecule has 1 amide bonds. The minimum atomic E-state index is -0.358. The number of amides is 1. The average molecular weight is 269 g/mol. The molecule has 0 N–H and O–H groups in total. The Kier molecular flexibility index (Phi) is 5.28. The molecule has 1 atom stereocenters. The maximum absolute atomic E-state index is 12.4. The molecule has 1 aliphatic rings. The molecule has 1 aliphatic heterocycles. The lowest BCUT2D eigenvalue weighted by molar-refractivity contribution is -0.0255. The number of ether oxygens (including phenoxy) is 1. The molecule has 1 fully saturated rings. The van der Waals surface area contributed by atoms with Gasteiger partial charge in [-0.1, -0.05) is 26.7 Å². The zero-order valence-corrected chi connectivity index (χ0v) is 13.6. The van der Waals surface area contributed by atoms with Gasteiger partial charge < -0.3 is 9.64 Å². The Labute approximate surface area is 118 Å². The summed E-state index contributed by atoms with van der Waals surface area (Å²) in [5.41, 5.74) is -0.443. The largest absolute Gasteiger partial charge is 0.443 e. The molecular formula is C16H31NO2. The number of rotatable bonds is 4. The van der Waals surface area contributed by atoms with Crippen molar-refractivity contribution in [3.8, 4) is 0 Å². The van der Waals surface area contributed by atoms with Crippen LogP contribution in [-0.4, -0.2) is 28.7 Å². The minimum absolute atomic E-state index is 0.0850. The summed E-state index contributed by atoms with van der Waals surface area (Å²) in [6, 6.07) is 0. The fraction of sp³-hybridized carbons (Fsp3) is 0.938. The molecule has 3 nitrogen and oxygen atoms in total. The third kappa shape index (κ3) is 4.39. The first-order valence-electron chi connectivity index (χ1n) is 7.72. The van der Waals surface area contributed by atoms with Gasteiger partial charge in [-0.05, 0) is 52.9 Å². The first-order valence-corrected chi connectivity index (χ1v) is 7.72. The van der Waals surface area contributed by atoms with Gasteiger partial charge in [-0.3, -0.25) is 0 Å². The Morgan fingerprint density at radius 2 is 2.00 bits per heavy atom. The van der Waals surface area contributed by atoms with Crippen LogP contribution in [0.25, 0.3) is 0 Å². The summed E-state index contributed by atoms with van der Waals surface area (Å²) in [5, 5.41) is 0. The smallest absolute Gasteiger partial charge is 0.410 e. The molecule has 0 aromatic heterocycles. The van der Waals surface area contributed by atoms with Crippen LogP contribution in [0.1, 0.15) is 73.6 Å². The van der Waals surface area contributed by atoms with Gasteiger partial charge >= 0.3 is 6.09 Å². The van der Waals surface area contributed by atoms with E-state index in [-0.39, 0.29) is 17.2 Å². The highest BCUT2D eigenvalue weighted by molar-refractivity contribution is 5.69. The van der Waals surface area contributed by atoms with E-state index in [1.165, 1.54) is 6.42 Å². The highest BCUT2D eigenvalue weighted by atomic mass is 16.6. The van der Waals surface area contributed by atoms with Crippen molar-refractivity contribution in [2.24, 2.45) is 5.92 Å². The van der Waals surface area contributed by atoms with Gasteiger partial charge in [0.25, 0.3) is 0 Å².